The van der Waals surface area contributed by atoms with Crippen LogP contribution in [0.25, 0.3) is 0 Å². The molecular weight excluding hydrogens is 186 g/mol. The van der Waals surface area contributed by atoms with Crippen LogP contribution in [0.3, 0.4) is 0 Å². The largest absolute Gasteiger partial charge is 0.310 e. The third-order valence-corrected chi connectivity index (χ3v) is 3.10. The van der Waals surface area contributed by atoms with Gasteiger partial charge in [-0.2, -0.15) is 0 Å². The summed E-state index contributed by atoms with van der Waals surface area (Å²) in [4.78, 5) is 4.87. The van der Waals surface area contributed by atoms with Crippen LogP contribution < -0.4 is 5.32 Å². The highest BCUT2D eigenvalue weighted by molar-refractivity contribution is 4.91. The summed E-state index contributed by atoms with van der Waals surface area (Å²) in [6.07, 6.45) is 0. The van der Waals surface area contributed by atoms with Gasteiger partial charge in [-0.1, -0.05) is 0 Å². The second-order valence-corrected chi connectivity index (χ2v) is 6.04. The third kappa shape index (κ3) is 3.74. The Kier molecular flexibility index (Phi) is 4.15. The average molecular weight is 213 g/mol. The number of nitrogens with zero attached hydrogens (tertiary/aromatic N) is 2. The summed E-state index contributed by atoms with van der Waals surface area (Å²) >= 11 is 0. The Morgan fingerprint density at radius 1 is 1.33 bits per heavy atom. The third-order valence-electron chi connectivity index (χ3n) is 3.10. The van der Waals surface area contributed by atoms with Crippen molar-refractivity contribution in [3.05, 3.63) is 0 Å². The molecule has 1 rings (SSSR count). The summed E-state index contributed by atoms with van der Waals surface area (Å²) < 4.78 is 0. The quantitative estimate of drug-likeness (QED) is 0.738. The zero-order valence-electron chi connectivity index (χ0n) is 11.2. The Morgan fingerprint density at radius 2 is 1.93 bits per heavy atom. The van der Waals surface area contributed by atoms with Gasteiger partial charge < -0.3 is 10.2 Å². The van der Waals surface area contributed by atoms with Gasteiger partial charge in [-0.3, -0.25) is 4.90 Å². The minimum atomic E-state index is 0.284. The lowest BCUT2D eigenvalue weighted by atomic mass is 9.99. The second-order valence-electron chi connectivity index (χ2n) is 6.04. The van der Waals surface area contributed by atoms with Gasteiger partial charge in [0, 0.05) is 37.3 Å². The first-order chi connectivity index (χ1) is 6.80. The van der Waals surface area contributed by atoms with E-state index in [-0.39, 0.29) is 5.54 Å². The Morgan fingerprint density at radius 3 is 2.40 bits per heavy atom. The van der Waals surface area contributed by atoms with Gasteiger partial charge in [0.15, 0.2) is 0 Å². The van der Waals surface area contributed by atoms with Crippen LogP contribution in [-0.4, -0.2) is 61.2 Å². The molecule has 1 fully saturated rings. The van der Waals surface area contributed by atoms with Crippen molar-refractivity contribution in [3.63, 3.8) is 0 Å². The molecule has 0 saturated carbocycles. The fraction of sp³-hybridized carbons (Fsp3) is 1.00. The summed E-state index contributed by atoms with van der Waals surface area (Å²) in [5.74, 6) is 0. The van der Waals surface area contributed by atoms with Gasteiger partial charge in [-0.25, -0.2) is 0 Å². The van der Waals surface area contributed by atoms with Crippen LogP contribution in [0.5, 0.6) is 0 Å². The van der Waals surface area contributed by atoms with Gasteiger partial charge >= 0.3 is 0 Å². The Labute approximate surface area is 94.8 Å². The van der Waals surface area contributed by atoms with E-state index in [0.717, 1.165) is 19.6 Å². The van der Waals surface area contributed by atoms with Crippen molar-refractivity contribution < 1.29 is 0 Å². The van der Waals surface area contributed by atoms with Gasteiger partial charge in [0.05, 0.1) is 0 Å². The molecule has 0 bridgehead atoms. The molecule has 1 aliphatic rings. The molecule has 0 amide bonds. The van der Waals surface area contributed by atoms with Crippen molar-refractivity contribution in [2.45, 2.75) is 45.3 Å². The zero-order chi connectivity index (χ0) is 11.6. The minimum Gasteiger partial charge on any atom is -0.310 e. The molecule has 2 atom stereocenters. The lowest BCUT2D eigenvalue weighted by Gasteiger charge is -2.47. The average Bonchev–Trinajstić information content (AvgIpc) is 2.05. The second kappa shape index (κ2) is 4.81. The van der Waals surface area contributed by atoms with Crippen LogP contribution in [-0.2, 0) is 0 Å². The summed E-state index contributed by atoms with van der Waals surface area (Å²) in [7, 11) is 4.28. The molecule has 1 heterocycles. The first-order valence-electron chi connectivity index (χ1n) is 5.95. The maximum atomic E-state index is 3.62. The Hall–Kier alpha value is -0.120. The van der Waals surface area contributed by atoms with E-state index in [2.05, 4.69) is 56.9 Å². The van der Waals surface area contributed by atoms with Crippen LogP contribution in [0.15, 0.2) is 0 Å². The highest BCUT2D eigenvalue weighted by Crippen LogP contribution is 2.19. The van der Waals surface area contributed by atoms with E-state index in [1.165, 1.54) is 0 Å². The summed E-state index contributed by atoms with van der Waals surface area (Å²) in [6, 6.07) is 1.25. The van der Waals surface area contributed by atoms with Crippen molar-refractivity contribution in [2.75, 3.05) is 33.7 Å². The van der Waals surface area contributed by atoms with E-state index >= 15 is 0 Å². The number of piperazine rings is 1. The Balaban J connectivity index is 2.56. The molecule has 3 heteroatoms. The van der Waals surface area contributed by atoms with Crippen LogP contribution in [0.1, 0.15) is 27.7 Å². The maximum Gasteiger partial charge on any atom is 0.0323 e. The molecule has 0 radical (unpaired) electrons. The van der Waals surface area contributed by atoms with Crippen molar-refractivity contribution in [2.24, 2.45) is 0 Å². The molecule has 3 nitrogen and oxygen atoms in total. The molecule has 90 valence electrons. The van der Waals surface area contributed by atoms with Gasteiger partial charge in [0.1, 0.15) is 0 Å². The molecule has 0 aromatic carbocycles. The first kappa shape index (κ1) is 12.9. The van der Waals surface area contributed by atoms with Crippen LogP contribution in [0.2, 0.25) is 0 Å². The molecular formula is C12H27N3. The SMILES string of the molecule is CC1CNC(CN(C)C)CN1C(C)(C)C. The summed E-state index contributed by atoms with van der Waals surface area (Å²) in [6.45, 7) is 12.6. The fourth-order valence-electron chi connectivity index (χ4n) is 2.43. The summed E-state index contributed by atoms with van der Waals surface area (Å²) in [5, 5.41) is 3.62. The number of nitrogens with one attached hydrogen (secondary N) is 1. The van der Waals surface area contributed by atoms with Crippen LogP contribution >= 0.6 is 0 Å². The van der Waals surface area contributed by atoms with Crippen molar-refractivity contribution in [3.8, 4) is 0 Å². The first-order valence-corrected chi connectivity index (χ1v) is 5.95. The number of hydrogen-bond acceptors (Lipinski definition) is 3. The molecule has 0 aromatic rings. The van der Waals surface area contributed by atoms with Gasteiger partial charge in [0.2, 0.25) is 0 Å². The van der Waals surface area contributed by atoms with E-state index in [0.29, 0.717) is 12.1 Å². The zero-order valence-corrected chi connectivity index (χ0v) is 11.2. The van der Waals surface area contributed by atoms with Gasteiger partial charge in [-0.05, 0) is 41.8 Å². The van der Waals surface area contributed by atoms with Crippen LogP contribution in [0, 0.1) is 0 Å². The highest BCUT2D eigenvalue weighted by atomic mass is 15.3. The van der Waals surface area contributed by atoms with Crippen molar-refractivity contribution in [1.82, 2.24) is 15.1 Å². The normalized spacial score (nSPS) is 29.8. The molecule has 2 unspecified atom stereocenters. The molecule has 1 N–H and O–H groups in total. The van der Waals surface area contributed by atoms with E-state index in [9.17, 15) is 0 Å². The van der Waals surface area contributed by atoms with E-state index < -0.39 is 0 Å². The lowest BCUT2D eigenvalue weighted by molar-refractivity contribution is 0.0444. The number of hydrogen-bond donors (Lipinski definition) is 1. The summed E-state index contributed by atoms with van der Waals surface area (Å²) in [5.41, 5.74) is 0.284. The number of likely N-dealkylation sites (N-methyl/N-ethyl adjacent to an activating group) is 1. The van der Waals surface area contributed by atoms with Crippen LogP contribution in [0.4, 0.5) is 0 Å². The maximum absolute atomic E-state index is 3.62. The Bertz CT molecular complexity index is 196. The molecule has 0 spiro atoms. The highest BCUT2D eigenvalue weighted by Gasteiger charge is 2.32. The molecule has 1 aliphatic heterocycles. The van der Waals surface area contributed by atoms with Crippen molar-refractivity contribution >= 4 is 0 Å². The van der Waals surface area contributed by atoms with Gasteiger partial charge in [0.25, 0.3) is 0 Å². The molecule has 1 saturated heterocycles. The van der Waals surface area contributed by atoms with Gasteiger partial charge in [-0.15, -0.1) is 0 Å². The standard InChI is InChI=1S/C12H27N3/c1-10-7-13-11(8-14(5)6)9-15(10)12(2,3)4/h10-11,13H,7-9H2,1-6H3. The van der Waals surface area contributed by atoms with E-state index in [1.54, 1.807) is 0 Å². The monoisotopic (exact) mass is 213 g/mol. The fourth-order valence-corrected chi connectivity index (χ4v) is 2.43. The van der Waals surface area contributed by atoms with E-state index in [4.69, 9.17) is 0 Å². The molecule has 0 aliphatic carbocycles. The molecule has 0 aromatic heterocycles. The predicted octanol–water partition coefficient (Wildman–Crippen LogP) is 1.01. The number of rotatable bonds is 2. The minimum absolute atomic E-state index is 0.284. The smallest absolute Gasteiger partial charge is 0.0323 e. The van der Waals surface area contributed by atoms with Crippen molar-refractivity contribution in [1.29, 1.82) is 0 Å². The lowest BCUT2D eigenvalue weighted by Crippen LogP contribution is -2.62. The topological polar surface area (TPSA) is 18.5 Å². The van der Waals surface area contributed by atoms with E-state index in [1.807, 2.05) is 0 Å². The predicted molar refractivity (Wildman–Crippen MR) is 66.3 cm³/mol. The molecule has 15 heavy (non-hydrogen) atoms.